The van der Waals surface area contributed by atoms with Gasteiger partial charge in [-0.3, -0.25) is 9.59 Å². The van der Waals surface area contributed by atoms with Gasteiger partial charge in [-0.2, -0.15) is 5.10 Å². The lowest BCUT2D eigenvalue weighted by atomic mass is 10.1. The highest BCUT2D eigenvalue weighted by Crippen LogP contribution is 2.25. The molecule has 0 radical (unpaired) electrons. The van der Waals surface area contributed by atoms with Crippen LogP contribution in [0.2, 0.25) is 0 Å². The van der Waals surface area contributed by atoms with Gasteiger partial charge in [-0.05, 0) is 49.4 Å². The summed E-state index contributed by atoms with van der Waals surface area (Å²) >= 11 is 0. The van der Waals surface area contributed by atoms with E-state index in [1.54, 1.807) is 35.0 Å². The molecule has 2 N–H and O–H groups in total. The average molecular weight is 495 g/mol. The van der Waals surface area contributed by atoms with E-state index in [-0.39, 0.29) is 5.91 Å². The zero-order valence-corrected chi connectivity index (χ0v) is 20.5. The molecule has 0 atom stereocenters. The van der Waals surface area contributed by atoms with Crippen molar-refractivity contribution in [2.24, 2.45) is 0 Å². The molecule has 4 rings (SSSR count). The summed E-state index contributed by atoms with van der Waals surface area (Å²) < 4.78 is 6.86. The van der Waals surface area contributed by atoms with Crippen molar-refractivity contribution in [3.8, 4) is 16.9 Å². The van der Waals surface area contributed by atoms with Gasteiger partial charge in [-0.1, -0.05) is 48.0 Å². The zero-order valence-electron chi connectivity index (χ0n) is 20.5. The Balaban J connectivity index is 1.41. The number of amides is 2. The molecule has 0 bridgehead atoms. The first-order chi connectivity index (χ1) is 17.9. The van der Waals surface area contributed by atoms with Crippen LogP contribution in [0.15, 0.2) is 91.1 Å². The fraction of sp³-hybridized carbons (Fsp3) is 0.103. The number of aromatic nitrogens is 2. The molecule has 0 aliphatic rings. The number of hydrogen-bond acceptors (Lipinski definition) is 5. The standard InChI is InChI=1S/C29H26N4O4/c1-20-8-10-22(11-9-20)29-23(18-33(32-29)26-6-4-3-5-7-26)12-17-28(36)37-19-27(35)31-25-15-13-24(14-16-25)30-21(2)34/h3-18H,19H2,1-2H3,(H,30,34)(H,31,35)/b17-12+. The molecule has 0 aliphatic carbocycles. The fourth-order valence-electron chi connectivity index (χ4n) is 3.54. The van der Waals surface area contributed by atoms with E-state index in [1.165, 1.54) is 13.0 Å². The minimum absolute atomic E-state index is 0.185. The molecule has 0 saturated heterocycles. The van der Waals surface area contributed by atoms with Crippen LogP contribution in [0.3, 0.4) is 0 Å². The molecule has 0 aliphatic heterocycles. The maximum absolute atomic E-state index is 12.3. The summed E-state index contributed by atoms with van der Waals surface area (Å²) in [6, 6.07) is 24.3. The van der Waals surface area contributed by atoms with Crippen molar-refractivity contribution in [1.82, 2.24) is 9.78 Å². The molecule has 0 unspecified atom stereocenters. The van der Waals surface area contributed by atoms with Crippen molar-refractivity contribution in [2.75, 3.05) is 17.2 Å². The number of carbonyl (C=O) groups excluding carboxylic acids is 3. The monoisotopic (exact) mass is 494 g/mol. The summed E-state index contributed by atoms with van der Waals surface area (Å²) in [5.74, 6) is -1.32. The first-order valence-corrected chi connectivity index (χ1v) is 11.6. The summed E-state index contributed by atoms with van der Waals surface area (Å²) in [5, 5.41) is 10.0. The first kappa shape index (κ1) is 25.1. The lowest BCUT2D eigenvalue weighted by molar-refractivity contribution is -0.142. The smallest absolute Gasteiger partial charge is 0.331 e. The Labute approximate surface area is 214 Å². The summed E-state index contributed by atoms with van der Waals surface area (Å²) in [6.45, 7) is 2.99. The number of nitrogens with one attached hydrogen (secondary N) is 2. The maximum atomic E-state index is 12.3. The molecular formula is C29H26N4O4. The third-order valence-electron chi connectivity index (χ3n) is 5.32. The normalized spacial score (nSPS) is 10.8. The highest BCUT2D eigenvalue weighted by Gasteiger charge is 2.12. The van der Waals surface area contributed by atoms with Crippen molar-refractivity contribution in [2.45, 2.75) is 13.8 Å². The molecule has 37 heavy (non-hydrogen) atoms. The van der Waals surface area contributed by atoms with Crippen molar-refractivity contribution in [3.05, 3.63) is 102 Å². The second kappa shape index (κ2) is 11.6. The van der Waals surface area contributed by atoms with Gasteiger partial charge in [0.2, 0.25) is 5.91 Å². The number of hydrogen-bond donors (Lipinski definition) is 2. The Morgan fingerprint density at radius 3 is 2.19 bits per heavy atom. The van der Waals surface area contributed by atoms with Gasteiger partial charge in [-0.25, -0.2) is 9.48 Å². The van der Waals surface area contributed by atoms with E-state index in [0.29, 0.717) is 17.1 Å². The van der Waals surface area contributed by atoms with Crippen LogP contribution in [0.25, 0.3) is 23.0 Å². The van der Waals surface area contributed by atoms with Gasteiger partial charge in [0.1, 0.15) is 0 Å². The number of nitrogens with zero attached hydrogens (tertiary/aromatic N) is 2. The highest BCUT2D eigenvalue weighted by molar-refractivity contribution is 5.95. The van der Waals surface area contributed by atoms with E-state index in [0.717, 1.165) is 22.4 Å². The minimum Gasteiger partial charge on any atom is -0.452 e. The van der Waals surface area contributed by atoms with E-state index in [4.69, 9.17) is 9.84 Å². The number of aryl methyl sites for hydroxylation is 1. The van der Waals surface area contributed by atoms with E-state index in [1.807, 2.05) is 67.7 Å². The number of esters is 1. The highest BCUT2D eigenvalue weighted by atomic mass is 16.5. The molecule has 4 aromatic rings. The quantitative estimate of drug-likeness (QED) is 0.265. The van der Waals surface area contributed by atoms with Gasteiger partial charge >= 0.3 is 5.97 Å². The number of ether oxygens (including phenoxy) is 1. The molecule has 186 valence electrons. The Hall–Kier alpha value is -4.98. The van der Waals surface area contributed by atoms with Gasteiger partial charge < -0.3 is 15.4 Å². The molecule has 2 amide bonds. The minimum atomic E-state index is -0.654. The van der Waals surface area contributed by atoms with Crippen LogP contribution >= 0.6 is 0 Å². The van der Waals surface area contributed by atoms with Gasteiger partial charge in [0.15, 0.2) is 6.61 Å². The summed E-state index contributed by atoms with van der Waals surface area (Å²) in [4.78, 5) is 35.6. The summed E-state index contributed by atoms with van der Waals surface area (Å²) in [7, 11) is 0. The predicted octanol–water partition coefficient (Wildman–Crippen LogP) is 5.00. The van der Waals surface area contributed by atoms with Crippen LogP contribution in [0.4, 0.5) is 11.4 Å². The molecule has 8 nitrogen and oxygen atoms in total. The van der Waals surface area contributed by atoms with Crippen LogP contribution in [-0.2, 0) is 19.1 Å². The second-order valence-corrected chi connectivity index (χ2v) is 8.33. The van der Waals surface area contributed by atoms with Crippen LogP contribution in [0.5, 0.6) is 0 Å². The molecule has 0 saturated carbocycles. The Morgan fingerprint density at radius 2 is 1.54 bits per heavy atom. The number of carbonyl (C=O) groups is 3. The average Bonchev–Trinajstić information content (AvgIpc) is 3.32. The van der Waals surface area contributed by atoms with Crippen LogP contribution in [-0.4, -0.2) is 34.2 Å². The van der Waals surface area contributed by atoms with Crippen molar-refractivity contribution in [1.29, 1.82) is 0 Å². The molecule has 8 heteroatoms. The number of benzene rings is 3. The van der Waals surface area contributed by atoms with Crippen molar-refractivity contribution >= 4 is 35.2 Å². The van der Waals surface area contributed by atoms with E-state index in [9.17, 15) is 14.4 Å². The Morgan fingerprint density at radius 1 is 0.892 bits per heavy atom. The topological polar surface area (TPSA) is 102 Å². The van der Waals surface area contributed by atoms with Crippen molar-refractivity contribution < 1.29 is 19.1 Å². The van der Waals surface area contributed by atoms with E-state index in [2.05, 4.69) is 10.6 Å². The molecule has 3 aromatic carbocycles. The third-order valence-corrected chi connectivity index (χ3v) is 5.32. The van der Waals surface area contributed by atoms with Gasteiger partial charge in [0, 0.05) is 41.7 Å². The Bertz CT molecular complexity index is 1420. The Kier molecular flexibility index (Phi) is 7.90. The third kappa shape index (κ3) is 7.02. The van der Waals surface area contributed by atoms with Crippen LogP contribution in [0.1, 0.15) is 18.1 Å². The van der Waals surface area contributed by atoms with Gasteiger partial charge in [-0.15, -0.1) is 0 Å². The predicted molar refractivity (Wildman–Crippen MR) is 143 cm³/mol. The number of rotatable bonds is 8. The van der Waals surface area contributed by atoms with Crippen molar-refractivity contribution in [3.63, 3.8) is 0 Å². The zero-order chi connectivity index (χ0) is 26.2. The number of para-hydroxylation sites is 1. The molecular weight excluding hydrogens is 468 g/mol. The fourth-order valence-corrected chi connectivity index (χ4v) is 3.54. The van der Waals surface area contributed by atoms with E-state index >= 15 is 0 Å². The van der Waals surface area contributed by atoms with Gasteiger partial charge in [0.05, 0.1) is 11.4 Å². The summed E-state index contributed by atoms with van der Waals surface area (Å²) in [6.07, 6.45) is 4.74. The molecule has 1 heterocycles. The van der Waals surface area contributed by atoms with Gasteiger partial charge in [0.25, 0.3) is 5.91 Å². The second-order valence-electron chi connectivity index (χ2n) is 8.33. The first-order valence-electron chi connectivity index (χ1n) is 11.6. The largest absolute Gasteiger partial charge is 0.452 e. The van der Waals surface area contributed by atoms with E-state index < -0.39 is 18.5 Å². The lowest BCUT2D eigenvalue weighted by Crippen LogP contribution is -2.20. The maximum Gasteiger partial charge on any atom is 0.331 e. The molecule has 0 spiro atoms. The van der Waals surface area contributed by atoms with Crippen LogP contribution < -0.4 is 10.6 Å². The summed E-state index contributed by atoms with van der Waals surface area (Å²) in [5.41, 5.74) is 5.51. The number of anilines is 2. The molecule has 0 fully saturated rings. The molecule has 1 aromatic heterocycles. The van der Waals surface area contributed by atoms with Crippen LogP contribution in [0, 0.1) is 6.92 Å². The lowest BCUT2D eigenvalue weighted by Gasteiger charge is -2.07. The SMILES string of the molecule is CC(=O)Nc1ccc(NC(=O)COC(=O)/C=C/c2cn(-c3ccccc3)nc2-c2ccc(C)cc2)cc1.